The summed E-state index contributed by atoms with van der Waals surface area (Å²) in [5.74, 6) is 0.765. The van der Waals surface area contributed by atoms with Crippen LogP contribution in [-0.4, -0.2) is 31.1 Å². The lowest BCUT2D eigenvalue weighted by molar-refractivity contribution is -0.117. The van der Waals surface area contributed by atoms with Gasteiger partial charge in [0, 0.05) is 47.0 Å². The third-order valence-corrected chi connectivity index (χ3v) is 5.86. The van der Waals surface area contributed by atoms with Crippen LogP contribution >= 0.6 is 11.6 Å². The van der Waals surface area contributed by atoms with Gasteiger partial charge in [0.15, 0.2) is 0 Å². The number of pyridine rings is 3. The highest BCUT2D eigenvalue weighted by Gasteiger charge is 2.44. The van der Waals surface area contributed by atoms with Gasteiger partial charge in [-0.1, -0.05) is 11.6 Å². The molecule has 8 nitrogen and oxygen atoms in total. The Labute approximate surface area is 176 Å². The topological polar surface area (TPSA) is 122 Å². The molecule has 4 N–H and O–H groups in total. The number of aromatic nitrogens is 5. The summed E-state index contributed by atoms with van der Waals surface area (Å²) >= 11 is 6.70. The molecule has 2 unspecified atom stereocenters. The molecule has 1 aliphatic carbocycles. The van der Waals surface area contributed by atoms with E-state index in [2.05, 4.69) is 30.5 Å². The summed E-state index contributed by atoms with van der Waals surface area (Å²) in [6, 6.07) is 3.62. The van der Waals surface area contributed by atoms with Gasteiger partial charge in [0.1, 0.15) is 11.6 Å². The normalized spacial score (nSPS) is 17.8. The minimum absolute atomic E-state index is 0.0745. The number of halogens is 1. The second-order valence-electron chi connectivity index (χ2n) is 7.43. The Morgan fingerprint density at radius 1 is 1.30 bits per heavy atom. The van der Waals surface area contributed by atoms with E-state index in [4.69, 9.17) is 17.3 Å². The molecular weight excluding hydrogens is 402 g/mol. The van der Waals surface area contributed by atoms with Gasteiger partial charge >= 0.3 is 0 Å². The third kappa shape index (κ3) is 3.15. The van der Waals surface area contributed by atoms with Gasteiger partial charge in [0.05, 0.1) is 16.9 Å². The number of fused-ring (bicyclic) bond motifs is 1. The van der Waals surface area contributed by atoms with Crippen molar-refractivity contribution in [3.8, 4) is 11.3 Å². The molecule has 1 saturated carbocycles. The summed E-state index contributed by atoms with van der Waals surface area (Å²) in [6.07, 6.45) is 9.37. The number of hydrogen-bond donors (Lipinski definition) is 3. The molecule has 1 fully saturated rings. The first-order valence-corrected chi connectivity index (χ1v) is 9.86. The van der Waals surface area contributed by atoms with Crippen LogP contribution in [0, 0.1) is 12.8 Å². The van der Waals surface area contributed by atoms with Gasteiger partial charge in [-0.05, 0) is 42.5 Å². The Kier molecular flexibility index (Phi) is 4.36. The first-order valence-electron chi connectivity index (χ1n) is 9.48. The molecule has 0 saturated heterocycles. The number of H-pyrrole nitrogens is 1. The summed E-state index contributed by atoms with van der Waals surface area (Å²) in [5, 5.41) is 11.4. The Hall–Kier alpha value is -3.52. The van der Waals surface area contributed by atoms with Gasteiger partial charge in [-0.15, -0.1) is 0 Å². The average molecular weight is 420 g/mol. The van der Waals surface area contributed by atoms with Crippen LogP contribution in [-0.2, 0) is 4.79 Å². The predicted molar refractivity (Wildman–Crippen MR) is 115 cm³/mol. The highest BCUT2D eigenvalue weighted by atomic mass is 35.5. The number of rotatable bonds is 4. The molecular formula is C21H18ClN7O. The number of aryl methyl sites for hydroxylation is 1. The summed E-state index contributed by atoms with van der Waals surface area (Å²) in [7, 11) is 0. The molecule has 150 valence electrons. The number of nitrogens with one attached hydrogen (secondary N) is 2. The van der Waals surface area contributed by atoms with E-state index < -0.39 is 0 Å². The van der Waals surface area contributed by atoms with Crippen LogP contribution < -0.4 is 11.1 Å². The monoisotopic (exact) mass is 419 g/mol. The SMILES string of the molecule is Cc1ccncc1-c1nc(N)c2cnc(NC(=O)C3CC3c3cn[nH]c3)cc2c1Cl. The van der Waals surface area contributed by atoms with Gasteiger partial charge in [0.2, 0.25) is 5.91 Å². The lowest BCUT2D eigenvalue weighted by Crippen LogP contribution is -2.15. The number of anilines is 2. The second-order valence-corrected chi connectivity index (χ2v) is 7.81. The number of aromatic amines is 1. The van der Waals surface area contributed by atoms with Crippen LogP contribution in [0.1, 0.15) is 23.5 Å². The van der Waals surface area contributed by atoms with E-state index in [0.717, 1.165) is 23.1 Å². The summed E-state index contributed by atoms with van der Waals surface area (Å²) < 4.78 is 0. The molecule has 1 amide bonds. The number of hydrogen-bond acceptors (Lipinski definition) is 6. The van der Waals surface area contributed by atoms with E-state index in [1.807, 2.05) is 19.2 Å². The minimum atomic E-state index is -0.0910. The van der Waals surface area contributed by atoms with E-state index >= 15 is 0 Å². The van der Waals surface area contributed by atoms with Crippen LogP contribution in [0.3, 0.4) is 0 Å². The van der Waals surface area contributed by atoms with Crippen LogP contribution in [0.15, 0.2) is 43.1 Å². The molecule has 0 spiro atoms. The predicted octanol–water partition coefficient (Wildman–Crippen LogP) is 3.70. The van der Waals surface area contributed by atoms with Crippen molar-refractivity contribution in [2.75, 3.05) is 11.1 Å². The fraction of sp³-hybridized carbons (Fsp3) is 0.190. The first kappa shape index (κ1) is 18.5. The van der Waals surface area contributed by atoms with Crippen molar-refractivity contribution in [2.45, 2.75) is 19.3 Å². The Morgan fingerprint density at radius 2 is 2.17 bits per heavy atom. The van der Waals surface area contributed by atoms with Gasteiger partial charge < -0.3 is 11.1 Å². The van der Waals surface area contributed by atoms with Gasteiger partial charge in [0.25, 0.3) is 0 Å². The van der Waals surface area contributed by atoms with Crippen LogP contribution in [0.2, 0.25) is 5.02 Å². The fourth-order valence-electron chi connectivity index (χ4n) is 3.69. The maximum absolute atomic E-state index is 12.6. The van der Waals surface area contributed by atoms with Crippen molar-refractivity contribution in [1.29, 1.82) is 0 Å². The van der Waals surface area contributed by atoms with Crippen molar-refractivity contribution >= 4 is 39.9 Å². The van der Waals surface area contributed by atoms with Gasteiger partial charge in [-0.2, -0.15) is 5.10 Å². The van der Waals surface area contributed by atoms with E-state index in [1.54, 1.807) is 30.9 Å². The summed E-state index contributed by atoms with van der Waals surface area (Å²) in [4.78, 5) is 25.6. The maximum Gasteiger partial charge on any atom is 0.229 e. The molecule has 4 heterocycles. The molecule has 4 aromatic heterocycles. The standard InChI is InChI=1S/C21H18ClN7O/c1-10-2-3-24-8-15(10)19-18(22)13-5-17(25-9-16(13)20(23)29-19)28-21(30)14-4-12(14)11-6-26-27-7-11/h2-3,5-9,12,14H,4H2,1H3,(H2,23,29)(H,26,27)(H,25,28,30). The van der Waals surface area contributed by atoms with Crippen molar-refractivity contribution in [2.24, 2.45) is 5.92 Å². The van der Waals surface area contributed by atoms with Crippen LogP contribution in [0.5, 0.6) is 0 Å². The van der Waals surface area contributed by atoms with Crippen LogP contribution in [0.4, 0.5) is 11.6 Å². The molecule has 30 heavy (non-hydrogen) atoms. The lowest BCUT2D eigenvalue weighted by Gasteiger charge is -2.12. The van der Waals surface area contributed by atoms with Crippen molar-refractivity contribution < 1.29 is 4.79 Å². The Morgan fingerprint density at radius 3 is 2.93 bits per heavy atom. The minimum Gasteiger partial charge on any atom is -0.383 e. The molecule has 4 aromatic rings. The van der Waals surface area contributed by atoms with E-state index in [0.29, 0.717) is 33.1 Å². The molecule has 0 bridgehead atoms. The average Bonchev–Trinajstić information content (AvgIpc) is 3.36. The highest BCUT2D eigenvalue weighted by molar-refractivity contribution is 6.38. The van der Waals surface area contributed by atoms with Gasteiger partial charge in [-0.3, -0.25) is 14.9 Å². The molecule has 9 heteroatoms. The summed E-state index contributed by atoms with van der Waals surface area (Å²) in [5.41, 5.74) is 9.56. The zero-order valence-corrected chi connectivity index (χ0v) is 16.8. The first-order chi connectivity index (χ1) is 14.5. The highest BCUT2D eigenvalue weighted by Crippen LogP contribution is 2.47. The zero-order chi connectivity index (χ0) is 20.8. The molecule has 0 aliphatic heterocycles. The largest absolute Gasteiger partial charge is 0.383 e. The van der Waals surface area contributed by atoms with Crippen molar-refractivity contribution in [3.63, 3.8) is 0 Å². The third-order valence-electron chi connectivity index (χ3n) is 5.48. The molecule has 1 aliphatic rings. The smallest absolute Gasteiger partial charge is 0.229 e. The van der Waals surface area contributed by atoms with Crippen LogP contribution in [0.25, 0.3) is 22.0 Å². The van der Waals surface area contributed by atoms with Crippen molar-refractivity contribution in [1.82, 2.24) is 25.1 Å². The van der Waals surface area contributed by atoms with E-state index in [1.165, 1.54) is 0 Å². The number of nitrogens with two attached hydrogens (primary N) is 1. The number of nitrogen functional groups attached to an aromatic ring is 1. The molecule has 2 atom stereocenters. The Balaban J connectivity index is 1.47. The number of carbonyl (C=O) groups is 1. The van der Waals surface area contributed by atoms with E-state index in [-0.39, 0.29) is 17.7 Å². The van der Waals surface area contributed by atoms with E-state index in [9.17, 15) is 4.79 Å². The lowest BCUT2D eigenvalue weighted by atomic mass is 10.1. The number of carbonyl (C=O) groups excluding carboxylic acids is 1. The molecule has 0 aromatic carbocycles. The summed E-state index contributed by atoms with van der Waals surface area (Å²) in [6.45, 7) is 1.96. The number of nitrogens with zero attached hydrogens (tertiary/aromatic N) is 4. The van der Waals surface area contributed by atoms with Crippen molar-refractivity contribution in [3.05, 3.63) is 59.3 Å². The van der Waals surface area contributed by atoms with Gasteiger partial charge in [-0.25, -0.2) is 9.97 Å². The fourth-order valence-corrected chi connectivity index (χ4v) is 3.99. The molecule has 5 rings (SSSR count). The number of amides is 1. The zero-order valence-electron chi connectivity index (χ0n) is 16.1. The maximum atomic E-state index is 12.6. The second kappa shape index (κ2) is 7.07. The quantitative estimate of drug-likeness (QED) is 0.463. The molecule has 0 radical (unpaired) electrons. The Bertz CT molecular complexity index is 1270.